The SMILES string of the molecule is [N-]=[N+]=NCCCC[C@@H](N)C(N)=O. The highest BCUT2D eigenvalue weighted by Crippen LogP contribution is 1.98. The fourth-order valence-electron chi connectivity index (χ4n) is 0.734. The lowest BCUT2D eigenvalue weighted by molar-refractivity contribution is -0.119. The van der Waals surface area contributed by atoms with Gasteiger partial charge in [-0.1, -0.05) is 11.5 Å². The summed E-state index contributed by atoms with van der Waals surface area (Å²) < 4.78 is 0. The number of nitrogens with two attached hydrogens (primary N) is 2. The van der Waals surface area contributed by atoms with Gasteiger partial charge in [0.25, 0.3) is 0 Å². The Morgan fingerprint density at radius 2 is 2.25 bits per heavy atom. The number of nitrogens with zero attached hydrogens (tertiary/aromatic N) is 3. The zero-order valence-electron chi connectivity index (χ0n) is 6.81. The molecule has 0 bridgehead atoms. The molecule has 0 rings (SSSR count). The first-order chi connectivity index (χ1) is 5.68. The van der Waals surface area contributed by atoms with Crippen LogP contribution in [0, 0.1) is 0 Å². The fourth-order valence-corrected chi connectivity index (χ4v) is 0.734. The molecule has 0 unspecified atom stereocenters. The van der Waals surface area contributed by atoms with E-state index in [1.54, 1.807) is 0 Å². The van der Waals surface area contributed by atoms with Gasteiger partial charge < -0.3 is 11.5 Å². The van der Waals surface area contributed by atoms with Crippen LogP contribution >= 0.6 is 0 Å². The van der Waals surface area contributed by atoms with Crippen LogP contribution in [0.4, 0.5) is 0 Å². The minimum Gasteiger partial charge on any atom is -0.368 e. The predicted molar refractivity (Wildman–Crippen MR) is 45.0 cm³/mol. The maximum Gasteiger partial charge on any atom is 0.234 e. The normalized spacial score (nSPS) is 11.8. The highest BCUT2D eigenvalue weighted by molar-refractivity contribution is 5.79. The maximum absolute atomic E-state index is 10.4. The van der Waals surface area contributed by atoms with E-state index >= 15 is 0 Å². The Kier molecular flexibility index (Phi) is 5.77. The van der Waals surface area contributed by atoms with Crippen molar-refractivity contribution in [2.45, 2.75) is 25.3 Å². The lowest BCUT2D eigenvalue weighted by Crippen LogP contribution is -2.36. The summed E-state index contributed by atoms with van der Waals surface area (Å²) in [6.45, 7) is 0.446. The van der Waals surface area contributed by atoms with E-state index < -0.39 is 11.9 Å². The van der Waals surface area contributed by atoms with Gasteiger partial charge in [-0.15, -0.1) is 0 Å². The van der Waals surface area contributed by atoms with Crippen LogP contribution in [0.2, 0.25) is 0 Å². The largest absolute Gasteiger partial charge is 0.368 e. The maximum atomic E-state index is 10.4. The van der Waals surface area contributed by atoms with E-state index in [2.05, 4.69) is 10.0 Å². The van der Waals surface area contributed by atoms with E-state index in [1.807, 2.05) is 0 Å². The van der Waals surface area contributed by atoms with Gasteiger partial charge in [-0.25, -0.2) is 0 Å². The fraction of sp³-hybridized carbons (Fsp3) is 0.833. The van der Waals surface area contributed by atoms with Crippen molar-refractivity contribution in [1.29, 1.82) is 0 Å². The first-order valence-electron chi connectivity index (χ1n) is 3.74. The van der Waals surface area contributed by atoms with Crippen LogP contribution in [0.5, 0.6) is 0 Å². The van der Waals surface area contributed by atoms with Crippen molar-refractivity contribution in [1.82, 2.24) is 0 Å². The first-order valence-corrected chi connectivity index (χ1v) is 3.74. The molecular weight excluding hydrogens is 158 g/mol. The molecule has 0 fully saturated rings. The van der Waals surface area contributed by atoms with E-state index in [0.29, 0.717) is 13.0 Å². The molecule has 6 nitrogen and oxygen atoms in total. The summed E-state index contributed by atoms with van der Waals surface area (Å²) in [7, 11) is 0. The number of hydrogen-bond acceptors (Lipinski definition) is 3. The number of azide groups is 1. The van der Waals surface area contributed by atoms with Crippen LogP contribution in [0.15, 0.2) is 5.11 Å². The predicted octanol–water partition coefficient (Wildman–Crippen LogP) is 0.280. The minimum absolute atomic E-state index is 0.446. The van der Waals surface area contributed by atoms with Crippen LogP contribution in [-0.4, -0.2) is 18.5 Å². The minimum atomic E-state index is -0.573. The van der Waals surface area contributed by atoms with Gasteiger partial charge in [0.1, 0.15) is 0 Å². The number of primary amides is 1. The standard InChI is InChI=1S/C6H13N5O/c7-5(6(8)12)3-1-2-4-10-11-9/h5H,1-4,7H2,(H2,8,12)/t5-/m1/s1. The molecule has 0 aromatic heterocycles. The van der Waals surface area contributed by atoms with E-state index in [1.165, 1.54) is 0 Å². The molecule has 4 N–H and O–H groups in total. The lowest BCUT2D eigenvalue weighted by Gasteiger charge is -2.04. The number of unbranched alkanes of at least 4 members (excludes halogenated alkanes) is 1. The molecule has 0 saturated heterocycles. The van der Waals surface area contributed by atoms with Gasteiger partial charge in [-0.05, 0) is 18.4 Å². The third-order valence-electron chi connectivity index (χ3n) is 1.45. The van der Waals surface area contributed by atoms with Crippen LogP contribution in [0.1, 0.15) is 19.3 Å². The molecule has 0 aliphatic carbocycles. The Morgan fingerprint density at radius 3 is 2.75 bits per heavy atom. The average molecular weight is 171 g/mol. The zero-order valence-corrected chi connectivity index (χ0v) is 6.81. The smallest absolute Gasteiger partial charge is 0.234 e. The van der Waals surface area contributed by atoms with Crippen LogP contribution < -0.4 is 11.5 Å². The summed E-state index contributed by atoms with van der Waals surface area (Å²) in [5.41, 5.74) is 18.2. The van der Waals surface area contributed by atoms with Crippen molar-refractivity contribution >= 4 is 5.91 Å². The van der Waals surface area contributed by atoms with Gasteiger partial charge in [0, 0.05) is 11.5 Å². The number of amides is 1. The topological polar surface area (TPSA) is 118 Å². The second-order valence-corrected chi connectivity index (χ2v) is 2.46. The van der Waals surface area contributed by atoms with Gasteiger partial charge in [0.05, 0.1) is 6.04 Å². The van der Waals surface area contributed by atoms with E-state index in [4.69, 9.17) is 17.0 Å². The monoisotopic (exact) mass is 171 g/mol. The Hall–Kier alpha value is -1.26. The van der Waals surface area contributed by atoms with Crippen molar-refractivity contribution in [3.63, 3.8) is 0 Å². The third kappa shape index (κ3) is 5.52. The number of carbonyl (C=O) groups is 1. The van der Waals surface area contributed by atoms with E-state index in [-0.39, 0.29) is 0 Å². The molecule has 12 heavy (non-hydrogen) atoms. The highest BCUT2D eigenvalue weighted by Gasteiger charge is 2.06. The Balaban J connectivity index is 3.31. The quantitative estimate of drug-likeness (QED) is 0.258. The summed E-state index contributed by atoms with van der Waals surface area (Å²) in [4.78, 5) is 13.0. The zero-order chi connectivity index (χ0) is 9.40. The van der Waals surface area contributed by atoms with Crippen molar-refractivity contribution in [2.75, 3.05) is 6.54 Å². The average Bonchev–Trinajstić information content (AvgIpc) is 2.03. The molecule has 0 saturated carbocycles. The Morgan fingerprint density at radius 1 is 1.58 bits per heavy atom. The summed E-state index contributed by atoms with van der Waals surface area (Å²) >= 11 is 0. The third-order valence-corrected chi connectivity index (χ3v) is 1.45. The van der Waals surface area contributed by atoms with Crippen LogP contribution in [-0.2, 0) is 4.79 Å². The summed E-state index contributed by atoms with van der Waals surface area (Å²) in [6.07, 6.45) is 2.05. The summed E-state index contributed by atoms with van der Waals surface area (Å²) in [6, 6.07) is -0.573. The second-order valence-electron chi connectivity index (χ2n) is 2.46. The van der Waals surface area contributed by atoms with Crippen LogP contribution in [0.3, 0.4) is 0 Å². The second kappa shape index (κ2) is 6.45. The molecule has 1 amide bonds. The van der Waals surface area contributed by atoms with Crippen molar-refractivity contribution in [2.24, 2.45) is 16.6 Å². The molecule has 0 aromatic carbocycles. The van der Waals surface area contributed by atoms with Gasteiger partial charge in [0.2, 0.25) is 5.91 Å². The highest BCUT2D eigenvalue weighted by atomic mass is 16.1. The van der Waals surface area contributed by atoms with Crippen LogP contribution in [0.25, 0.3) is 10.4 Å². The Labute approximate surface area is 70.5 Å². The van der Waals surface area contributed by atoms with Gasteiger partial charge in [0.15, 0.2) is 0 Å². The molecule has 0 aliphatic rings. The molecule has 0 radical (unpaired) electrons. The molecule has 1 atom stereocenters. The molecule has 68 valence electrons. The first kappa shape index (κ1) is 10.7. The number of rotatable bonds is 6. The lowest BCUT2D eigenvalue weighted by atomic mass is 10.1. The molecule has 6 heteroatoms. The molecular formula is C6H13N5O. The molecule has 0 spiro atoms. The number of carbonyl (C=O) groups excluding carboxylic acids is 1. The molecule has 0 heterocycles. The summed E-state index contributed by atoms with van der Waals surface area (Å²) in [5.74, 6) is -0.487. The van der Waals surface area contributed by atoms with Crippen molar-refractivity contribution in [3.05, 3.63) is 10.4 Å². The molecule has 0 aliphatic heterocycles. The number of hydrogen-bond donors (Lipinski definition) is 2. The van der Waals surface area contributed by atoms with E-state index in [9.17, 15) is 4.79 Å². The summed E-state index contributed by atoms with van der Waals surface area (Å²) in [5, 5.41) is 3.34. The molecule has 0 aromatic rings. The van der Waals surface area contributed by atoms with Crippen molar-refractivity contribution in [3.8, 4) is 0 Å². The van der Waals surface area contributed by atoms with Crippen molar-refractivity contribution < 1.29 is 4.79 Å². The van der Waals surface area contributed by atoms with Gasteiger partial charge in [-0.2, -0.15) is 0 Å². The Bertz CT molecular complexity index is 186. The van der Waals surface area contributed by atoms with Gasteiger partial charge in [-0.3, -0.25) is 4.79 Å². The van der Waals surface area contributed by atoms with E-state index in [0.717, 1.165) is 12.8 Å². The van der Waals surface area contributed by atoms with Gasteiger partial charge >= 0.3 is 0 Å².